The summed E-state index contributed by atoms with van der Waals surface area (Å²) >= 11 is 7.17. The van der Waals surface area contributed by atoms with Crippen molar-refractivity contribution in [2.75, 3.05) is 0 Å². The minimum absolute atomic E-state index is 0.213. The van der Waals surface area contributed by atoms with Gasteiger partial charge in [-0.3, -0.25) is 0 Å². The molecule has 1 aromatic heterocycles. The lowest BCUT2D eigenvalue weighted by Crippen LogP contribution is -2.03. The first kappa shape index (κ1) is 12.3. The van der Waals surface area contributed by atoms with E-state index in [0.29, 0.717) is 15.4 Å². The number of carbonyl (C=O) groups is 1. The van der Waals surface area contributed by atoms with Gasteiger partial charge in [0.15, 0.2) is 0 Å². The Morgan fingerprint density at radius 2 is 2.33 bits per heavy atom. The van der Waals surface area contributed by atoms with E-state index in [2.05, 4.69) is 4.98 Å². The van der Waals surface area contributed by atoms with Crippen LogP contribution in [0.15, 0.2) is 17.2 Å². The molecule has 0 saturated carbocycles. The Bertz CT molecular complexity index is 370. The number of hydrogen-bond donors (Lipinski definition) is 1. The lowest BCUT2D eigenvalue weighted by molar-refractivity contribution is 0.0692. The fourth-order valence-corrected chi connectivity index (χ4v) is 2.12. The number of carboxylic acid groups (broad SMARTS) is 1. The molecular weight excluding hydrogens is 234 g/mol. The zero-order valence-electron chi connectivity index (χ0n) is 8.53. The van der Waals surface area contributed by atoms with Gasteiger partial charge in [-0.15, -0.1) is 11.8 Å². The van der Waals surface area contributed by atoms with Crippen molar-refractivity contribution in [1.29, 1.82) is 0 Å². The number of thioether (sulfide) groups is 1. The van der Waals surface area contributed by atoms with Crippen LogP contribution in [0.1, 0.15) is 30.6 Å². The number of rotatable bonds is 4. The van der Waals surface area contributed by atoms with E-state index >= 15 is 0 Å². The van der Waals surface area contributed by atoms with Crippen LogP contribution in [0, 0.1) is 0 Å². The van der Waals surface area contributed by atoms with Crippen LogP contribution in [0.5, 0.6) is 0 Å². The van der Waals surface area contributed by atoms with Crippen molar-refractivity contribution in [2.24, 2.45) is 0 Å². The standard InChI is InChI=1S/C10H12ClNO2S/c1-3-6(2)15-9-7(10(13)14)4-5-8(11)12-9/h4-6H,3H2,1-2H3,(H,13,14). The van der Waals surface area contributed by atoms with Gasteiger partial charge in [-0.05, 0) is 18.6 Å². The van der Waals surface area contributed by atoms with E-state index in [0.717, 1.165) is 6.42 Å². The van der Waals surface area contributed by atoms with E-state index in [1.807, 2.05) is 13.8 Å². The van der Waals surface area contributed by atoms with Crippen LogP contribution in [0.25, 0.3) is 0 Å². The Balaban J connectivity index is 3.02. The third kappa shape index (κ3) is 3.39. The maximum absolute atomic E-state index is 10.9. The lowest BCUT2D eigenvalue weighted by Gasteiger charge is -2.09. The van der Waals surface area contributed by atoms with Gasteiger partial charge in [0.25, 0.3) is 0 Å². The second-order valence-corrected chi connectivity index (χ2v) is 4.94. The van der Waals surface area contributed by atoms with Crippen LogP contribution >= 0.6 is 23.4 Å². The number of aromatic nitrogens is 1. The average Bonchev–Trinajstić information content (AvgIpc) is 2.17. The molecule has 0 aliphatic carbocycles. The molecule has 0 aromatic carbocycles. The molecular formula is C10H12ClNO2S. The molecule has 15 heavy (non-hydrogen) atoms. The average molecular weight is 246 g/mol. The van der Waals surface area contributed by atoms with Crippen molar-refractivity contribution < 1.29 is 9.90 Å². The normalized spacial score (nSPS) is 12.5. The largest absolute Gasteiger partial charge is 0.478 e. The van der Waals surface area contributed by atoms with Gasteiger partial charge in [-0.2, -0.15) is 0 Å². The van der Waals surface area contributed by atoms with E-state index in [-0.39, 0.29) is 5.56 Å². The van der Waals surface area contributed by atoms with Crippen LogP contribution in [-0.2, 0) is 0 Å². The minimum Gasteiger partial charge on any atom is -0.478 e. The zero-order valence-corrected chi connectivity index (χ0v) is 10.1. The SMILES string of the molecule is CCC(C)Sc1nc(Cl)ccc1C(=O)O. The van der Waals surface area contributed by atoms with Gasteiger partial charge in [0.2, 0.25) is 0 Å². The van der Waals surface area contributed by atoms with E-state index in [1.54, 1.807) is 0 Å². The topological polar surface area (TPSA) is 50.2 Å². The molecule has 0 saturated heterocycles. The fraction of sp³-hybridized carbons (Fsp3) is 0.400. The van der Waals surface area contributed by atoms with Gasteiger partial charge in [-0.25, -0.2) is 9.78 Å². The summed E-state index contributed by atoms with van der Waals surface area (Å²) in [7, 11) is 0. The van der Waals surface area contributed by atoms with Gasteiger partial charge in [0, 0.05) is 5.25 Å². The summed E-state index contributed by atoms with van der Waals surface area (Å²) in [5.41, 5.74) is 0.213. The summed E-state index contributed by atoms with van der Waals surface area (Å²) in [4.78, 5) is 14.9. The molecule has 0 aliphatic rings. The maximum atomic E-state index is 10.9. The molecule has 1 aromatic rings. The number of carboxylic acids is 1. The molecule has 1 heterocycles. The van der Waals surface area contributed by atoms with Crippen LogP contribution in [0.2, 0.25) is 5.15 Å². The molecule has 1 N–H and O–H groups in total. The van der Waals surface area contributed by atoms with Crippen molar-refractivity contribution in [3.8, 4) is 0 Å². The molecule has 0 radical (unpaired) electrons. The Hall–Kier alpha value is -0.740. The van der Waals surface area contributed by atoms with Crippen molar-refractivity contribution >= 4 is 29.3 Å². The van der Waals surface area contributed by atoms with Crippen LogP contribution < -0.4 is 0 Å². The number of pyridine rings is 1. The van der Waals surface area contributed by atoms with E-state index in [9.17, 15) is 4.79 Å². The van der Waals surface area contributed by atoms with Crippen LogP contribution in [0.3, 0.4) is 0 Å². The second kappa shape index (κ2) is 5.37. The summed E-state index contributed by atoms with van der Waals surface area (Å²) in [5, 5.41) is 10.1. The van der Waals surface area contributed by atoms with E-state index < -0.39 is 5.97 Å². The van der Waals surface area contributed by atoms with Gasteiger partial charge in [-0.1, -0.05) is 25.4 Å². The Labute approximate surface area is 97.9 Å². The first-order chi connectivity index (χ1) is 7.04. The predicted octanol–water partition coefficient (Wildman–Crippen LogP) is 3.32. The van der Waals surface area contributed by atoms with Gasteiger partial charge < -0.3 is 5.11 Å². The molecule has 0 fully saturated rings. The minimum atomic E-state index is -0.968. The molecule has 1 atom stereocenters. The van der Waals surface area contributed by atoms with Crippen LogP contribution in [-0.4, -0.2) is 21.3 Å². The Morgan fingerprint density at radius 1 is 1.67 bits per heavy atom. The van der Waals surface area contributed by atoms with Crippen LogP contribution in [0.4, 0.5) is 0 Å². The summed E-state index contributed by atoms with van der Waals surface area (Å²) in [6, 6.07) is 2.98. The number of hydrogen-bond acceptors (Lipinski definition) is 3. The molecule has 5 heteroatoms. The molecule has 0 amide bonds. The fourth-order valence-electron chi connectivity index (χ4n) is 0.944. The van der Waals surface area contributed by atoms with Crippen molar-refractivity contribution in [1.82, 2.24) is 4.98 Å². The Morgan fingerprint density at radius 3 is 2.87 bits per heavy atom. The molecule has 1 rings (SSSR count). The number of aromatic carboxylic acids is 1. The summed E-state index contributed by atoms with van der Waals surface area (Å²) in [6.07, 6.45) is 0.956. The van der Waals surface area contributed by atoms with E-state index in [1.165, 1.54) is 23.9 Å². The zero-order chi connectivity index (χ0) is 11.4. The first-order valence-electron chi connectivity index (χ1n) is 4.61. The lowest BCUT2D eigenvalue weighted by atomic mass is 10.3. The smallest absolute Gasteiger partial charge is 0.338 e. The molecule has 0 bridgehead atoms. The molecule has 0 aliphatic heterocycles. The highest BCUT2D eigenvalue weighted by Gasteiger charge is 2.14. The number of nitrogens with zero attached hydrogens (tertiary/aromatic N) is 1. The monoisotopic (exact) mass is 245 g/mol. The number of halogens is 1. The van der Waals surface area contributed by atoms with Gasteiger partial charge in [0.05, 0.1) is 5.56 Å². The third-order valence-corrected chi connectivity index (χ3v) is 3.43. The highest BCUT2D eigenvalue weighted by Crippen LogP contribution is 2.27. The van der Waals surface area contributed by atoms with Crippen molar-refractivity contribution in [2.45, 2.75) is 30.5 Å². The maximum Gasteiger partial charge on any atom is 0.338 e. The summed E-state index contributed by atoms with van der Waals surface area (Å²) in [6.45, 7) is 4.07. The second-order valence-electron chi connectivity index (χ2n) is 3.13. The molecule has 0 spiro atoms. The van der Waals surface area contributed by atoms with Gasteiger partial charge in [0.1, 0.15) is 10.2 Å². The third-order valence-electron chi connectivity index (χ3n) is 1.94. The van der Waals surface area contributed by atoms with Gasteiger partial charge >= 0.3 is 5.97 Å². The predicted molar refractivity (Wildman–Crippen MR) is 61.8 cm³/mol. The summed E-state index contributed by atoms with van der Waals surface area (Å²) in [5.74, 6) is -0.968. The molecule has 82 valence electrons. The molecule has 3 nitrogen and oxygen atoms in total. The highest BCUT2D eigenvalue weighted by molar-refractivity contribution is 7.99. The van der Waals surface area contributed by atoms with Crippen molar-refractivity contribution in [3.05, 3.63) is 22.8 Å². The van der Waals surface area contributed by atoms with Crippen molar-refractivity contribution in [3.63, 3.8) is 0 Å². The highest BCUT2D eigenvalue weighted by atomic mass is 35.5. The Kier molecular flexibility index (Phi) is 4.42. The van der Waals surface area contributed by atoms with E-state index in [4.69, 9.17) is 16.7 Å². The summed E-state index contributed by atoms with van der Waals surface area (Å²) < 4.78 is 0. The first-order valence-corrected chi connectivity index (χ1v) is 5.86. The molecule has 1 unspecified atom stereocenters. The quantitative estimate of drug-likeness (QED) is 0.653.